The van der Waals surface area contributed by atoms with Crippen LogP contribution in [0.4, 0.5) is 0 Å². The van der Waals surface area contributed by atoms with Gasteiger partial charge in [-0.25, -0.2) is 9.80 Å². The van der Waals surface area contributed by atoms with Crippen molar-refractivity contribution in [3.63, 3.8) is 0 Å². The Kier molecular flexibility index (Phi) is 4.53. The third kappa shape index (κ3) is 3.36. The highest BCUT2D eigenvalue weighted by Crippen LogP contribution is 2.31. The van der Waals surface area contributed by atoms with Crippen molar-refractivity contribution in [3.8, 4) is 0 Å². The normalized spacial score (nSPS) is 17.7. The molecular formula is C13H13N3O4S2. The number of hydrazone groups is 1. The number of aliphatic imine (C=N–C) groups is 1. The van der Waals surface area contributed by atoms with E-state index in [1.807, 2.05) is 0 Å². The number of esters is 1. The molecule has 0 saturated carbocycles. The maximum absolute atomic E-state index is 11.5. The zero-order valence-corrected chi connectivity index (χ0v) is 13.4. The van der Waals surface area contributed by atoms with E-state index in [0.29, 0.717) is 29.6 Å². The quantitative estimate of drug-likeness (QED) is 0.781. The Balaban J connectivity index is 1.60. The Hall–Kier alpha value is -1.74. The number of nitrogens with zero attached hydrogens (tertiary/aromatic N) is 3. The summed E-state index contributed by atoms with van der Waals surface area (Å²) in [6.45, 7) is 0.703. The Morgan fingerprint density at radius 2 is 2.41 bits per heavy atom. The van der Waals surface area contributed by atoms with Gasteiger partial charge in [0.1, 0.15) is 5.76 Å². The maximum atomic E-state index is 11.5. The maximum Gasteiger partial charge on any atom is 0.373 e. The van der Waals surface area contributed by atoms with E-state index in [-0.39, 0.29) is 11.7 Å². The van der Waals surface area contributed by atoms with Gasteiger partial charge in [0.05, 0.1) is 12.9 Å². The van der Waals surface area contributed by atoms with Crippen LogP contribution in [0, 0.1) is 0 Å². The fourth-order valence-corrected chi connectivity index (χ4v) is 3.81. The molecule has 0 N–H and O–H groups in total. The van der Waals surface area contributed by atoms with E-state index in [9.17, 15) is 9.59 Å². The van der Waals surface area contributed by atoms with Crippen molar-refractivity contribution in [2.45, 2.75) is 18.6 Å². The number of thioether (sulfide) groups is 2. The van der Waals surface area contributed by atoms with Crippen LogP contribution >= 0.6 is 23.5 Å². The highest BCUT2D eigenvalue weighted by Gasteiger charge is 2.26. The number of furan rings is 1. The minimum atomic E-state index is -0.495. The number of carbonyl (C=O) groups is 2. The zero-order chi connectivity index (χ0) is 15.5. The molecule has 2 aliphatic heterocycles. The molecule has 3 rings (SSSR count). The third-order valence-corrected chi connectivity index (χ3v) is 5.07. The molecule has 1 amide bonds. The average Bonchev–Trinajstić information content (AvgIpc) is 3.08. The van der Waals surface area contributed by atoms with Gasteiger partial charge in [0.25, 0.3) is 0 Å². The number of amidine groups is 1. The summed E-state index contributed by atoms with van der Waals surface area (Å²) in [5.41, 5.74) is 0. The Labute approximate surface area is 135 Å². The summed E-state index contributed by atoms with van der Waals surface area (Å²) in [6, 6.07) is 3.32. The molecule has 0 saturated heterocycles. The molecule has 1 aromatic heterocycles. The standard InChI is InChI=1S/C13H13N3O4S2/c1-19-11(18)9-5-4-8(20-9)7-21-13-15-16-6-2-3-10(17)14-12(16)22-13/h4-5H,2-3,6-7H2,1H3. The first-order chi connectivity index (χ1) is 10.7. The van der Waals surface area contributed by atoms with Gasteiger partial charge in [-0.1, -0.05) is 11.8 Å². The van der Waals surface area contributed by atoms with Crippen LogP contribution in [0.15, 0.2) is 26.6 Å². The van der Waals surface area contributed by atoms with Gasteiger partial charge < -0.3 is 9.15 Å². The first-order valence-electron chi connectivity index (χ1n) is 6.61. The zero-order valence-electron chi connectivity index (χ0n) is 11.8. The monoisotopic (exact) mass is 339 g/mol. The number of amides is 1. The lowest BCUT2D eigenvalue weighted by Crippen LogP contribution is -2.18. The number of rotatable bonds is 3. The highest BCUT2D eigenvalue weighted by molar-refractivity contribution is 8.45. The molecule has 2 aliphatic rings. The summed E-state index contributed by atoms with van der Waals surface area (Å²) in [5, 5.41) is 6.84. The van der Waals surface area contributed by atoms with E-state index in [4.69, 9.17) is 4.42 Å². The van der Waals surface area contributed by atoms with E-state index >= 15 is 0 Å². The molecule has 0 fully saturated rings. The van der Waals surface area contributed by atoms with Crippen LogP contribution in [-0.2, 0) is 15.3 Å². The molecule has 7 nitrogen and oxygen atoms in total. The van der Waals surface area contributed by atoms with Gasteiger partial charge in [0, 0.05) is 13.0 Å². The second kappa shape index (κ2) is 6.57. The predicted octanol–water partition coefficient (Wildman–Crippen LogP) is 2.30. The van der Waals surface area contributed by atoms with Gasteiger partial charge in [-0.15, -0.1) is 0 Å². The van der Waals surface area contributed by atoms with Crippen molar-refractivity contribution in [2.24, 2.45) is 10.1 Å². The van der Waals surface area contributed by atoms with Crippen LogP contribution in [0.25, 0.3) is 0 Å². The third-order valence-electron chi connectivity index (χ3n) is 2.97. The molecule has 9 heteroatoms. The summed E-state index contributed by atoms with van der Waals surface area (Å²) in [5.74, 6) is 0.792. The highest BCUT2D eigenvalue weighted by atomic mass is 32.2. The van der Waals surface area contributed by atoms with Crippen LogP contribution < -0.4 is 0 Å². The molecule has 1 aromatic rings. The Morgan fingerprint density at radius 3 is 3.23 bits per heavy atom. The fourth-order valence-electron chi connectivity index (χ4n) is 1.92. The average molecular weight is 339 g/mol. The van der Waals surface area contributed by atoms with Gasteiger partial charge in [-0.05, 0) is 30.3 Å². The number of carbonyl (C=O) groups excluding carboxylic acids is 2. The molecule has 0 bridgehead atoms. The van der Waals surface area contributed by atoms with Crippen LogP contribution in [0.2, 0.25) is 0 Å². The first kappa shape index (κ1) is 15.2. The van der Waals surface area contributed by atoms with Crippen molar-refractivity contribution in [1.82, 2.24) is 5.01 Å². The second-order valence-corrected chi connectivity index (χ2v) is 6.71. The van der Waals surface area contributed by atoms with Crippen molar-refractivity contribution in [3.05, 3.63) is 23.7 Å². The first-order valence-corrected chi connectivity index (χ1v) is 8.41. The molecule has 0 radical (unpaired) electrons. The largest absolute Gasteiger partial charge is 0.463 e. The van der Waals surface area contributed by atoms with E-state index in [1.54, 1.807) is 17.1 Å². The van der Waals surface area contributed by atoms with Crippen LogP contribution in [0.3, 0.4) is 0 Å². The van der Waals surface area contributed by atoms with Crippen LogP contribution in [-0.4, -0.2) is 40.1 Å². The number of hydrogen-bond acceptors (Lipinski definition) is 8. The summed E-state index contributed by atoms with van der Waals surface area (Å²) >= 11 is 2.86. The lowest BCUT2D eigenvalue weighted by atomic mass is 10.3. The van der Waals surface area contributed by atoms with Crippen molar-refractivity contribution >= 4 is 44.9 Å². The lowest BCUT2D eigenvalue weighted by molar-refractivity contribution is -0.117. The van der Waals surface area contributed by atoms with Crippen molar-refractivity contribution in [1.29, 1.82) is 0 Å². The molecule has 0 spiro atoms. The molecule has 0 aromatic carbocycles. The van der Waals surface area contributed by atoms with Crippen molar-refractivity contribution in [2.75, 3.05) is 13.7 Å². The second-order valence-electron chi connectivity index (χ2n) is 4.53. The Morgan fingerprint density at radius 1 is 1.55 bits per heavy atom. The Bertz CT molecular complexity index is 668. The van der Waals surface area contributed by atoms with Crippen LogP contribution in [0.5, 0.6) is 0 Å². The topological polar surface area (TPSA) is 84.5 Å². The minimum Gasteiger partial charge on any atom is -0.463 e. The molecule has 0 atom stereocenters. The number of methoxy groups -OCH3 is 1. The summed E-state index contributed by atoms with van der Waals surface area (Å²) in [4.78, 5) is 26.8. The number of ether oxygens (including phenoxy) is 1. The molecule has 22 heavy (non-hydrogen) atoms. The summed E-state index contributed by atoms with van der Waals surface area (Å²) < 4.78 is 10.8. The lowest BCUT2D eigenvalue weighted by Gasteiger charge is -2.08. The molecule has 0 unspecified atom stereocenters. The van der Waals surface area contributed by atoms with Crippen LogP contribution in [0.1, 0.15) is 29.2 Å². The minimum absolute atomic E-state index is 0.0970. The van der Waals surface area contributed by atoms with E-state index in [0.717, 1.165) is 10.8 Å². The fraction of sp³-hybridized carbons (Fsp3) is 0.385. The molecule has 3 heterocycles. The van der Waals surface area contributed by atoms with E-state index in [1.165, 1.54) is 30.6 Å². The molecule has 116 valence electrons. The van der Waals surface area contributed by atoms with Gasteiger partial charge in [0.15, 0.2) is 9.54 Å². The van der Waals surface area contributed by atoms with E-state index in [2.05, 4.69) is 14.8 Å². The molecular weight excluding hydrogens is 326 g/mol. The SMILES string of the molecule is COC(=O)c1ccc(CSC2=NN3CCCC(=O)N=C3S2)o1. The number of fused-ring (bicyclic) bond motifs is 1. The van der Waals surface area contributed by atoms with Crippen molar-refractivity contribution < 1.29 is 18.7 Å². The van der Waals surface area contributed by atoms with E-state index < -0.39 is 5.97 Å². The summed E-state index contributed by atoms with van der Waals surface area (Å²) in [6.07, 6.45) is 1.23. The number of hydrogen-bond donors (Lipinski definition) is 0. The summed E-state index contributed by atoms with van der Waals surface area (Å²) in [7, 11) is 1.31. The van der Waals surface area contributed by atoms with Gasteiger partial charge >= 0.3 is 5.97 Å². The smallest absolute Gasteiger partial charge is 0.373 e. The molecule has 0 aliphatic carbocycles. The predicted molar refractivity (Wildman–Crippen MR) is 84.8 cm³/mol. The van der Waals surface area contributed by atoms with Gasteiger partial charge in [-0.2, -0.15) is 10.1 Å². The van der Waals surface area contributed by atoms with Gasteiger partial charge in [-0.3, -0.25) is 4.79 Å². The van der Waals surface area contributed by atoms with Gasteiger partial charge in [0.2, 0.25) is 11.7 Å².